The summed E-state index contributed by atoms with van der Waals surface area (Å²) in [4.78, 5) is 0. The van der Waals surface area contributed by atoms with Crippen molar-refractivity contribution in [3.05, 3.63) is 93.8 Å². The molecule has 0 saturated heterocycles. The molecule has 3 aromatic carbocycles. The first kappa shape index (κ1) is 28.7. The van der Waals surface area contributed by atoms with Gasteiger partial charge in [0.2, 0.25) is 0 Å². The molecule has 2 nitrogen and oxygen atoms in total. The second-order valence-corrected chi connectivity index (χ2v) is 7.79. The van der Waals surface area contributed by atoms with E-state index in [1.54, 1.807) is 0 Å². The fourth-order valence-corrected chi connectivity index (χ4v) is 3.16. The molecular weight excluding hydrogens is 534 g/mol. The molecule has 0 saturated carbocycles. The Morgan fingerprint density at radius 2 is 1.24 bits per heavy atom. The Kier molecular flexibility index (Phi) is 8.49. The fourth-order valence-electron chi connectivity index (χ4n) is 3.16. The van der Waals surface area contributed by atoms with Crippen LogP contribution >= 0.6 is 0 Å². The third-order valence-corrected chi connectivity index (χ3v) is 4.93. The van der Waals surface area contributed by atoms with Crippen molar-refractivity contribution >= 4 is 0 Å². The van der Waals surface area contributed by atoms with E-state index in [2.05, 4.69) is 16.6 Å². The average molecular weight is 550 g/mol. The molecule has 0 atom stereocenters. The monoisotopic (exact) mass is 550 g/mol. The molecule has 202 valence electrons. The highest BCUT2D eigenvalue weighted by Gasteiger charge is 2.43. The minimum Gasteiger partial charge on any atom is -0.493 e. The quantitative estimate of drug-likeness (QED) is 0.168. The van der Waals surface area contributed by atoms with Crippen molar-refractivity contribution in [1.29, 1.82) is 0 Å². The fraction of sp³-hybridized carbons (Fsp3) is 0.231. The van der Waals surface area contributed by atoms with Gasteiger partial charge in [0.05, 0.1) is 12.2 Å². The Labute approximate surface area is 209 Å². The first-order chi connectivity index (χ1) is 17.7. The van der Waals surface area contributed by atoms with Crippen LogP contribution in [0.3, 0.4) is 0 Å². The molecule has 0 aliphatic carbocycles. The predicted molar refractivity (Wildman–Crippen MR) is 115 cm³/mol. The Morgan fingerprint density at radius 3 is 1.76 bits per heavy atom. The molecule has 0 bridgehead atoms. The molecule has 0 amide bonds. The van der Waals surface area contributed by atoms with Crippen molar-refractivity contribution in [3.8, 4) is 23.3 Å². The molecule has 3 aromatic rings. The lowest BCUT2D eigenvalue weighted by Gasteiger charge is -2.20. The summed E-state index contributed by atoms with van der Waals surface area (Å²) in [6.07, 6.45) is -8.77. The largest absolute Gasteiger partial charge is 0.493 e. The number of benzene rings is 3. The van der Waals surface area contributed by atoms with Gasteiger partial charge in [0, 0.05) is 23.8 Å². The van der Waals surface area contributed by atoms with Gasteiger partial charge in [-0.15, -0.1) is 0 Å². The molecule has 12 heteroatoms. The maximum atomic E-state index is 14.5. The molecule has 0 aromatic heterocycles. The normalized spacial score (nSPS) is 11.7. The van der Waals surface area contributed by atoms with Crippen LogP contribution in [0.1, 0.15) is 42.0 Å². The summed E-state index contributed by atoms with van der Waals surface area (Å²) in [7, 11) is 0. The minimum absolute atomic E-state index is 0.183. The maximum Gasteiger partial charge on any atom is 0.432 e. The van der Waals surface area contributed by atoms with Gasteiger partial charge in [0.25, 0.3) is 0 Å². The Morgan fingerprint density at radius 1 is 0.684 bits per heavy atom. The van der Waals surface area contributed by atoms with Crippen molar-refractivity contribution in [2.24, 2.45) is 0 Å². The van der Waals surface area contributed by atoms with E-state index in [4.69, 9.17) is 4.74 Å². The van der Waals surface area contributed by atoms with Gasteiger partial charge in [-0.3, -0.25) is 0 Å². The summed E-state index contributed by atoms with van der Waals surface area (Å²) >= 11 is 0. The van der Waals surface area contributed by atoms with Gasteiger partial charge in [-0.05, 0) is 30.7 Å². The second kappa shape index (κ2) is 11.2. The molecule has 38 heavy (non-hydrogen) atoms. The van der Waals surface area contributed by atoms with Crippen LogP contribution in [0.5, 0.6) is 11.5 Å². The van der Waals surface area contributed by atoms with Crippen LogP contribution in [0.25, 0.3) is 0 Å². The number of hydrogen-bond donors (Lipinski definition) is 0. The smallest absolute Gasteiger partial charge is 0.432 e. The highest BCUT2D eigenvalue weighted by atomic mass is 19.4. The van der Waals surface area contributed by atoms with Crippen LogP contribution in [-0.4, -0.2) is 6.61 Å². The summed E-state index contributed by atoms with van der Waals surface area (Å²) in [5.41, 5.74) is -5.02. The molecule has 0 spiro atoms. The summed E-state index contributed by atoms with van der Waals surface area (Å²) in [6.45, 7) is 2.31. The number of ether oxygens (including phenoxy) is 2. The van der Waals surface area contributed by atoms with Crippen LogP contribution in [0.4, 0.5) is 43.9 Å². The second-order valence-electron chi connectivity index (χ2n) is 7.79. The van der Waals surface area contributed by atoms with E-state index < -0.39 is 63.8 Å². The van der Waals surface area contributed by atoms with Gasteiger partial charge >= 0.3 is 12.3 Å². The van der Waals surface area contributed by atoms with Crippen LogP contribution in [0, 0.1) is 40.9 Å². The van der Waals surface area contributed by atoms with Gasteiger partial charge in [0.1, 0.15) is 51.7 Å². The van der Waals surface area contributed by atoms with Gasteiger partial charge in [-0.25, -0.2) is 22.0 Å². The van der Waals surface area contributed by atoms with Crippen molar-refractivity contribution in [2.45, 2.75) is 32.1 Å². The van der Waals surface area contributed by atoms with Gasteiger partial charge in [-0.1, -0.05) is 25.2 Å². The molecule has 0 aliphatic rings. The first-order valence-corrected chi connectivity index (χ1v) is 10.8. The number of halogens is 10. The topological polar surface area (TPSA) is 18.5 Å². The number of hydrogen-bond acceptors (Lipinski definition) is 2. The van der Waals surface area contributed by atoms with E-state index in [1.165, 1.54) is 12.1 Å². The molecule has 0 heterocycles. The van der Waals surface area contributed by atoms with Crippen molar-refractivity contribution in [1.82, 2.24) is 0 Å². The van der Waals surface area contributed by atoms with Gasteiger partial charge in [0.15, 0.2) is 0 Å². The lowest BCUT2D eigenvalue weighted by Crippen LogP contribution is -2.25. The molecule has 0 unspecified atom stereocenters. The van der Waals surface area contributed by atoms with E-state index in [0.717, 1.165) is 18.9 Å². The predicted octanol–water partition coefficient (Wildman–Crippen LogP) is 8.11. The van der Waals surface area contributed by atoms with Crippen molar-refractivity contribution in [3.63, 3.8) is 0 Å². The lowest BCUT2D eigenvalue weighted by molar-refractivity contribution is -0.189. The van der Waals surface area contributed by atoms with E-state index in [-0.39, 0.29) is 23.4 Å². The SMILES string of the molecule is CCCCOc1ccc(C#Cc2cc(F)c(C(F)(F)Oc3cc(F)c(C(F)(F)F)c(F)c3)c(F)c2)c(F)c1. The van der Waals surface area contributed by atoms with Crippen LogP contribution in [0.15, 0.2) is 42.5 Å². The highest BCUT2D eigenvalue weighted by Crippen LogP contribution is 2.39. The minimum atomic E-state index is -5.47. The number of rotatable bonds is 7. The van der Waals surface area contributed by atoms with E-state index in [9.17, 15) is 43.9 Å². The Bertz CT molecular complexity index is 1340. The summed E-state index contributed by atoms with van der Waals surface area (Å²) in [6, 6.07) is 4.04. The first-order valence-electron chi connectivity index (χ1n) is 10.8. The van der Waals surface area contributed by atoms with Crippen LogP contribution < -0.4 is 9.47 Å². The van der Waals surface area contributed by atoms with Crippen LogP contribution in [0.2, 0.25) is 0 Å². The highest BCUT2D eigenvalue weighted by molar-refractivity contribution is 5.46. The van der Waals surface area contributed by atoms with E-state index >= 15 is 0 Å². The van der Waals surface area contributed by atoms with Crippen LogP contribution in [-0.2, 0) is 12.3 Å². The summed E-state index contributed by atoms with van der Waals surface area (Å²) in [5, 5.41) is 0. The molecule has 0 fully saturated rings. The average Bonchev–Trinajstić information content (AvgIpc) is 2.76. The Balaban J connectivity index is 1.85. The third kappa shape index (κ3) is 6.70. The number of unbranched alkanes of at least 4 members (excludes halogenated alkanes) is 1. The van der Waals surface area contributed by atoms with E-state index in [0.29, 0.717) is 18.7 Å². The lowest BCUT2D eigenvalue weighted by atomic mass is 10.1. The zero-order chi connectivity index (χ0) is 28.3. The molecule has 0 N–H and O–H groups in total. The molecule has 3 rings (SSSR count). The summed E-state index contributed by atoms with van der Waals surface area (Å²) in [5.74, 6) is -5.86. The standard InChI is InChI=1S/C26H16F10O2/c1-2-3-8-37-16-7-6-15(18(27)11-16)5-4-14-9-19(28)24(20(29)10-14)26(35,36)38-17-12-21(30)23(22(31)13-17)25(32,33)34/h6-7,9-13H,2-3,8H2,1H3. The Hall–Kier alpha value is -3.88. The molecule has 0 radical (unpaired) electrons. The zero-order valence-corrected chi connectivity index (χ0v) is 19.3. The maximum absolute atomic E-state index is 14.5. The third-order valence-electron chi connectivity index (χ3n) is 4.93. The zero-order valence-electron chi connectivity index (χ0n) is 19.3. The summed E-state index contributed by atoms with van der Waals surface area (Å²) < 4.78 is 147. The molecule has 0 aliphatic heterocycles. The van der Waals surface area contributed by atoms with Gasteiger partial charge in [-0.2, -0.15) is 22.0 Å². The van der Waals surface area contributed by atoms with Crippen molar-refractivity contribution < 1.29 is 53.4 Å². The molecular formula is C26H16F10O2. The van der Waals surface area contributed by atoms with E-state index in [1.807, 2.05) is 6.92 Å². The number of alkyl halides is 5. The van der Waals surface area contributed by atoms with Gasteiger partial charge < -0.3 is 9.47 Å². The van der Waals surface area contributed by atoms with Crippen molar-refractivity contribution in [2.75, 3.05) is 6.61 Å².